The van der Waals surface area contributed by atoms with Crippen molar-refractivity contribution < 1.29 is 22.1 Å². The van der Waals surface area contributed by atoms with Crippen molar-refractivity contribution in [2.45, 2.75) is 37.6 Å². The summed E-state index contributed by atoms with van der Waals surface area (Å²) in [4.78, 5) is 12.1. The third-order valence-electron chi connectivity index (χ3n) is 5.01. The van der Waals surface area contributed by atoms with Crippen LogP contribution in [0.1, 0.15) is 35.3 Å². The minimum absolute atomic E-state index is 0.0830. The minimum atomic E-state index is -3.81. The molecular formula is C19H22BrNO5S. The largest absolute Gasteiger partial charge is 0.464 e. The molecule has 146 valence electrons. The molecule has 27 heavy (non-hydrogen) atoms. The number of nitrogens with zero attached hydrogens (tertiary/aromatic N) is 1. The lowest BCUT2D eigenvalue weighted by Gasteiger charge is -2.41. The Hall–Kier alpha value is -1.64. The summed E-state index contributed by atoms with van der Waals surface area (Å²) in [5.41, 5.74) is 1.09. The smallest absolute Gasteiger partial charge is 0.354 e. The Morgan fingerprint density at radius 3 is 2.48 bits per heavy atom. The van der Waals surface area contributed by atoms with Crippen LogP contribution in [0.5, 0.6) is 0 Å². The zero-order chi connectivity index (χ0) is 19.7. The highest BCUT2D eigenvalue weighted by Gasteiger charge is 2.40. The fraction of sp³-hybridized carbons (Fsp3) is 0.421. The number of esters is 1. The van der Waals surface area contributed by atoms with Gasteiger partial charge in [-0.3, -0.25) is 4.18 Å². The molecule has 0 aliphatic heterocycles. The van der Waals surface area contributed by atoms with E-state index >= 15 is 0 Å². The number of hydrogen-bond donors (Lipinski definition) is 0. The zero-order valence-corrected chi connectivity index (χ0v) is 17.7. The SMILES string of the molecule is COC(=O)c1cc(Br)cn1CC1(COS(=O)(=O)c2ccc(C)cc2)CCC1. The van der Waals surface area contributed by atoms with Gasteiger partial charge in [-0.1, -0.05) is 24.1 Å². The molecular weight excluding hydrogens is 434 g/mol. The van der Waals surface area contributed by atoms with Crippen molar-refractivity contribution in [2.75, 3.05) is 13.7 Å². The van der Waals surface area contributed by atoms with Crippen LogP contribution >= 0.6 is 15.9 Å². The van der Waals surface area contributed by atoms with Crippen molar-refractivity contribution >= 4 is 32.0 Å². The van der Waals surface area contributed by atoms with Gasteiger partial charge in [-0.25, -0.2) is 4.79 Å². The summed E-state index contributed by atoms with van der Waals surface area (Å²) < 4.78 is 37.8. The Morgan fingerprint density at radius 2 is 1.93 bits per heavy atom. The van der Waals surface area contributed by atoms with Gasteiger partial charge >= 0.3 is 5.97 Å². The Balaban J connectivity index is 1.75. The second-order valence-electron chi connectivity index (χ2n) is 7.05. The number of aromatic nitrogens is 1. The van der Waals surface area contributed by atoms with Crippen LogP contribution in [0.4, 0.5) is 0 Å². The van der Waals surface area contributed by atoms with E-state index in [0.29, 0.717) is 12.2 Å². The number of halogens is 1. The Labute approximate surface area is 167 Å². The number of hydrogen-bond acceptors (Lipinski definition) is 5. The highest BCUT2D eigenvalue weighted by Crippen LogP contribution is 2.43. The number of carbonyl (C=O) groups is 1. The van der Waals surface area contributed by atoms with Gasteiger partial charge in [0.05, 0.1) is 18.6 Å². The summed E-state index contributed by atoms with van der Waals surface area (Å²) in [6.45, 7) is 2.47. The quantitative estimate of drug-likeness (QED) is 0.467. The molecule has 0 amide bonds. The number of benzene rings is 1. The molecule has 1 aromatic carbocycles. The van der Waals surface area contributed by atoms with E-state index in [2.05, 4.69) is 15.9 Å². The van der Waals surface area contributed by atoms with Crippen molar-refractivity contribution in [3.63, 3.8) is 0 Å². The lowest BCUT2D eigenvalue weighted by Crippen LogP contribution is -2.39. The van der Waals surface area contributed by atoms with Crippen molar-refractivity contribution in [1.82, 2.24) is 4.57 Å². The van der Waals surface area contributed by atoms with Crippen LogP contribution in [0, 0.1) is 12.3 Å². The molecule has 0 N–H and O–H groups in total. The normalized spacial score (nSPS) is 16.0. The molecule has 8 heteroatoms. The predicted octanol–water partition coefficient (Wildman–Crippen LogP) is 3.92. The highest BCUT2D eigenvalue weighted by molar-refractivity contribution is 9.10. The first-order chi connectivity index (χ1) is 12.7. The maximum atomic E-state index is 12.5. The van der Waals surface area contributed by atoms with E-state index in [1.807, 2.05) is 6.92 Å². The lowest BCUT2D eigenvalue weighted by molar-refractivity contribution is 0.0388. The van der Waals surface area contributed by atoms with E-state index in [1.54, 1.807) is 41.1 Å². The van der Waals surface area contributed by atoms with Gasteiger partial charge in [-0.2, -0.15) is 8.42 Å². The molecule has 0 unspecified atom stereocenters. The Bertz CT molecular complexity index is 930. The van der Waals surface area contributed by atoms with Crippen molar-refractivity contribution in [3.05, 3.63) is 52.3 Å². The third-order valence-corrected chi connectivity index (χ3v) is 6.72. The zero-order valence-electron chi connectivity index (χ0n) is 15.3. The van der Waals surface area contributed by atoms with Gasteiger partial charge in [0.1, 0.15) is 5.69 Å². The first-order valence-electron chi connectivity index (χ1n) is 8.65. The molecule has 0 bridgehead atoms. The topological polar surface area (TPSA) is 74.6 Å². The standard InChI is InChI=1S/C19H22BrNO5S/c1-14-4-6-16(7-5-14)27(23,24)26-13-19(8-3-9-19)12-21-11-15(20)10-17(21)18(22)25-2/h4-7,10-11H,3,8-9,12-13H2,1-2H3. The molecule has 2 aromatic rings. The molecule has 0 spiro atoms. The molecule has 1 saturated carbocycles. The third kappa shape index (κ3) is 4.44. The summed E-state index contributed by atoms with van der Waals surface area (Å²) in [5.74, 6) is -0.427. The van der Waals surface area contributed by atoms with Gasteiger partial charge < -0.3 is 9.30 Å². The van der Waals surface area contributed by atoms with E-state index in [1.165, 1.54) is 7.11 Å². The van der Waals surface area contributed by atoms with Gasteiger partial charge in [0.15, 0.2) is 0 Å². The van der Waals surface area contributed by atoms with Gasteiger partial charge in [0, 0.05) is 22.6 Å². The summed E-state index contributed by atoms with van der Waals surface area (Å²) >= 11 is 3.38. The number of rotatable bonds is 7. The van der Waals surface area contributed by atoms with Crippen LogP contribution in [0.2, 0.25) is 0 Å². The van der Waals surface area contributed by atoms with Crippen LogP contribution in [0.3, 0.4) is 0 Å². The Kier molecular flexibility index (Phi) is 5.79. The first kappa shape index (κ1) is 20.1. The fourth-order valence-corrected chi connectivity index (χ4v) is 4.72. The van der Waals surface area contributed by atoms with E-state index in [4.69, 9.17) is 8.92 Å². The van der Waals surface area contributed by atoms with Crippen molar-refractivity contribution in [2.24, 2.45) is 5.41 Å². The summed E-state index contributed by atoms with van der Waals surface area (Å²) in [6, 6.07) is 8.29. The summed E-state index contributed by atoms with van der Waals surface area (Å²) in [5, 5.41) is 0. The van der Waals surface area contributed by atoms with Crippen LogP contribution < -0.4 is 0 Å². The molecule has 0 saturated heterocycles. The number of methoxy groups -OCH3 is 1. The molecule has 1 aliphatic rings. The molecule has 3 rings (SSSR count). The monoisotopic (exact) mass is 455 g/mol. The number of aryl methyl sites for hydroxylation is 1. The van der Waals surface area contributed by atoms with E-state index in [0.717, 1.165) is 29.3 Å². The average molecular weight is 456 g/mol. The summed E-state index contributed by atoms with van der Waals surface area (Å²) in [7, 11) is -2.48. The van der Waals surface area contributed by atoms with Crippen molar-refractivity contribution in [1.29, 1.82) is 0 Å². The van der Waals surface area contributed by atoms with Crippen molar-refractivity contribution in [3.8, 4) is 0 Å². The average Bonchev–Trinajstić information content (AvgIpc) is 2.97. The molecule has 6 nitrogen and oxygen atoms in total. The molecule has 1 aromatic heterocycles. The van der Waals surface area contributed by atoms with Gasteiger partial charge in [-0.15, -0.1) is 0 Å². The minimum Gasteiger partial charge on any atom is -0.464 e. The molecule has 0 radical (unpaired) electrons. The number of ether oxygens (including phenoxy) is 1. The number of carbonyl (C=O) groups excluding carboxylic acids is 1. The van der Waals surface area contributed by atoms with Gasteiger partial charge in [-0.05, 0) is 53.9 Å². The fourth-order valence-electron chi connectivity index (χ4n) is 3.24. The molecule has 1 heterocycles. The molecule has 1 aliphatic carbocycles. The van der Waals surface area contributed by atoms with Crippen LogP contribution in [-0.4, -0.2) is 32.7 Å². The van der Waals surface area contributed by atoms with Crippen LogP contribution in [0.25, 0.3) is 0 Å². The highest BCUT2D eigenvalue weighted by atomic mass is 79.9. The van der Waals surface area contributed by atoms with E-state index < -0.39 is 16.1 Å². The molecule has 0 atom stereocenters. The van der Waals surface area contributed by atoms with E-state index in [9.17, 15) is 13.2 Å². The van der Waals surface area contributed by atoms with E-state index in [-0.39, 0.29) is 16.9 Å². The van der Waals surface area contributed by atoms with Gasteiger partial charge in [0.25, 0.3) is 10.1 Å². The predicted molar refractivity (Wildman–Crippen MR) is 104 cm³/mol. The maximum Gasteiger partial charge on any atom is 0.354 e. The molecule has 1 fully saturated rings. The second kappa shape index (κ2) is 7.77. The van der Waals surface area contributed by atoms with Crippen LogP contribution in [-0.2, 0) is 25.6 Å². The maximum absolute atomic E-state index is 12.5. The second-order valence-corrected chi connectivity index (χ2v) is 9.58. The first-order valence-corrected chi connectivity index (χ1v) is 10.8. The Morgan fingerprint density at radius 1 is 1.26 bits per heavy atom. The lowest BCUT2D eigenvalue weighted by atomic mass is 9.69. The van der Waals surface area contributed by atoms with Gasteiger partial charge in [0.2, 0.25) is 0 Å². The van der Waals surface area contributed by atoms with Crippen LogP contribution in [0.15, 0.2) is 45.9 Å². The summed E-state index contributed by atoms with van der Waals surface area (Å²) in [6.07, 6.45) is 4.49.